The van der Waals surface area contributed by atoms with E-state index < -0.39 is 18.6 Å². The maximum atomic E-state index is 12.5. The highest BCUT2D eigenvalue weighted by atomic mass is 19.4. The second kappa shape index (κ2) is 7.03. The average molecular weight is 388 g/mol. The first-order valence-corrected chi connectivity index (χ1v) is 8.55. The molecule has 0 saturated carbocycles. The van der Waals surface area contributed by atoms with Gasteiger partial charge in [0, 0.05) is 10.9 Å². The lowest BCUT2D eigenvalue weighted by molar-refractivity contribution is -0.123. The highest BCUT2D eigenvalue weighted by Gasteiger charge is 2.28. The number of amides is 1. The largest absolute Gasteiger partial charge is 0.486 e. The van der Waals surface area contributed by atoms with Gasteiger partial charge in [0.25, 0.3) is 5.91 Å². The molecule has 0 spiro atoms. The Bertz CT molecular complexity index is 1050. The third-order valence-electron chi connectivity index (χ3n) is 4.25. The third kappa shape index (κ3) is 3.71. The fourth-order valence-corrected chi connectivity index (χ4v) is 2.99. The molecule has 28 heavy (non-hydrogen) atoms. The number of hydrogen-bond acceptors (Lipinski definition) is 4. The van der Waals surface area contributed by atoms with E-state index in [1.807, 2.05) is 5.32 Å². The number of ether oxygens (including phenoxy) is 2. The number of fused-ring (bicyclic) bond motifs is 2. The number of benzene rings is 2. The summed E-state index contributed by atoms with van der Waals surface area (Å²) in [4.78, 5) is 17.0. The Labute approximate surface area is 158 Å². The molecule has 0 fully saturated rings. The second-order valence-electron chi connectivity index (χ2n) is 6.23. The minimum Gasteiger partial charge on any atom is -0.486 e. The first kappa shape index (κ1) is 18.1. The van der Waals surface area contributed by atoms with Gasteiger partial charge in [0.15, 0.2) is 11.5 Å². The number of pyridine rings is 1. The molecule has 1 amide bonds. The van der Waals surface area contributed by atoms with Crippen LogP contribution in [-0.4, -0.2) is 36.8 Å². The van der Waals surface area contributed by atoms with Crippen LogP contribution in [0.5, 0.6) is 11.5 Å². The average Bonchev–Trinajstić information content (AvgIpc) is 2.70. The lowest BCUT2D eigenvalue weighted by Crippen LogP contribution is -2.33. The number of nitrogens with one attached hydrogen (secondary N) is 1. The smallest absolute Gasteiger partial charge is 0.405 e. The van der Waals surface area contributed by atoms with Crippen LogP contribution in [0.25, 0.3) is 22.2 Å². The summed E-state index contributed by atoms with van der Waals surface area (Å²) in [5.41, 5.74) is 1.75. The summed E-state index contributed by atoms with van der Waals surface area (Å²) in [5.74, 6) is 0.357. The molecule has 0 bridgehead atoms. The fraction of sp³-hybridized carbons (Fsp3) is 0.200. The van der Waals surface area contributed by atoms with E-state index in [1.165, 1.54) is 6.07 Å². The molecular formula is C20H15F3N2O3. The number of hydrogen-bond donors (Lipinski definition) is 1. The molecule has 3 aromatic rings. The van der Waals surface area contributed by atoms with E-state index in [1.54, 1.807) is 42.5 Å². The first-order chi connectivity index (χ1) is 13.4. The second-order valence-corrected chi connectivity index (χ2v) is 6.23. The van der Waals surface area contributed by atoms with Crippen molar-refractivity contribution in [1.29, 1.82) is 0 Å². The van der Waals surface area contributed by atoms with Crippen LogP contribution in [0, 0.1) is 0 Å². The van der Waals surface area contributed by atoms with Gasteiger partial charge in [-0.25, -0.2) is 4.98 Å². The molecule has 144 valence electrons. The molecule has 8 heteroatoms. The Morgan fingerprint density at radius 3 is 2.57 bits per heavy atom. The standard InChI is InChI=1S/C20H15F3N2O3/c21-20(22,23)11-24-19(26)14-10-16(25-15-4-2-1-3-13(14)15)12-5-6-17-18(9-12)28-8-7-27-17/h1-6,9-10H,7-8,11H2,(H,24,26). The maximum absolute atomic E-state index is 12.5. The Morgan fingerprint density at radius 1 is 1.04 bits per heavy atom. The Kier molecular flexibility index (Phi) is 4.54. The summed E-state index contributed by atoms with van der Waals surface area (Å²) < 4.78 is 48.6. The van der Waals surface area contributed by atoms with Gasteiger partial charge in [-0.2, -0.15) is 13.2 Å². The predicted molar refractivity (Wildman–Crippen MR) is 96.6 cm³/mol. The van der Waals surface area contributed by atoms with Gasteiger partial charge in [0.05, 0.1) is 16.8 Å². The number of rotatable bonds is 3. The van der Waals surface area contributed by atoms with Crippen LogP contribution in [0.4, 0.5) is 13.2 Å². The van der Waals surface area contributed by atoms with Crippen molar-refractivity contribution in [2.45, 2.75) is 6.18 Å². The van der Waals surface area contributed by atoms with Crippen molar-refractivity contribution in [3.63, 3.8) is 0 Å². The number of nitrogens with zero attached hydrogens (tertiary/aromatic N) is 1. The molecule has 5 nitrogen and oxygen atoms in total. The van der Waals surface area contributed by atoms with E-state index >= 15 is 0 Å². The van der Waals surface area contributed by atoms with Gasteiger partial charge in [0.2, 0.25) is 0 Å². The Balaban J connectivity index is 1.77. The van der Waals surface area contributed by atoms with Crippen molar-refractivity contribution in [2.24, 2.45) is 0 Å². The van der Waals surface area contributed by atoms with Crippen LogP contribution in [0.1, 0.15) is 10.4 Å². The highest BCUT2D eigenvalue weighted by molar-refractivity contribution is 6.07. The lowest BCUT2D eigenvalue weighted by Gasteiger charge is -2.19. The number of halogens is 3. The zero-order chi connectivity index (χ0) is 19.7. The van der Waals surface area contributed by atoms with Gasteiger partial charge in [-0.15, -0.1) is 0 Å². The molecule has 0 radical (unpaired) electrons. The van der Waals surface area contributed by atoms with E-state index in [2.05, 4.69) is 4.98 Å². The number of carbonyl (C=O) groups excluding carboxylic acids is 1. The predicted octanol–water partition coefficient (Wildman–Crippen LogP) is 3.97. The topological polar surface area (TPSA) is 60.5 Å². The molecule has 2 aromatic carbocycles. The van der Waals surface area contributed by atoms with Crippen LogP contribution >= 0.6 is 0 Å². The van der Waals surface area contributed by atoms with Crippen molar-refractivity contribution in [2.75, 3.05) is 19.8 Å². The molecule has 1 aromatic heterocycles. The van der Waals surface area contributed by atoms with Crippen LogP contribution in [0.2, 0.25) is 0 Å². The van der Waals surface area contributed by atoms with Gasteiger partial charge in [0.1, 0.15) is 19.8 Å². The molecule has 1 N–H and O–H groups in total. The minimum absolute atomic E-state index is 0.125. The zero-order valence-electron chi connectivity index (χ0n) is 14.5. The monoisotopic (exact) mass is 388 g/mol. The first-order valence-electron chi connectivity index (χ1n) is 8.55. The van der Waals surface area contributed by atoms with Crippen LogP contribution in [0.3, 0.4) is 0 Å². The minimum atomic E-state index is -4.49. The van der Waals surface area contributed by atoms with Crippen molar-refractivity contribution < 1.29 is 27.4 Å². The van der Waals surface area contributed by atoms with E-state index in [0.29, 0.717) is 46.9 Å². The Morgan fingerprint density at radius 2 is 1.79 bits per heavy atom. The lowest BCUT2D eigenvalue weighted by atomic mass is 10.0. The van der Waals surface area contributed by atoms with Crippen LogP contribution in [0.15, 0.2) is 48.5 Å². The van der Waals surface area contributed by atoms with Gasteiger partial charge in [-0.1, -0.05) is 18.2 Å². The quantitative estimate of drug-likeness (QED) is 0.738. The van der Waals surface area contributed by atoms with E-state index in [4.69, 9.17) is 9.47 Å². The summed E-state index contributed by atoms with van der Waals surface area (Å²) in [7, 11) is 0. The van der Waals surface area contributed by atoms with Gasteiger partial charge < -0.3 is 14.8 Å². The van der Waals surface area contributed by atoms with Crippen molar-refractivity contribution in [3.8, 4) is 22.8 Å². The van der Waals surface area contributed by atoms with Crippen molar-refractivity contribution >= 4 is 16.8 Å². The summed E-state index contributed by atoms with van der Waals surface area (Å²) in [5, 5.41) is 2.40. The molecule has 0 aliphatic carbocycles. The molecule has 0 unspecified atom stereocenters. The summed E-state index contributed by atoms with van der Waals surface area (Å²) >= 11 is 0. The van der Waals surface area contributed by atoms with Gasteiger partial charge in [-0.05, 0) is 30.3 Å². The molecule has 4 rings (SSSR count). The molecule has 0 atom stereocenters. The number of carbonyl (C=O) groups is 1. The molecule has 2 heterocycles. The van der Waals surface area contributed by atoms with Crippen molar-refractivity contribution in [3.05, 3.63) is 54.1 Å². The molecular weight excluding hydrogens is 373 g/mol. The molecule has 0 saturated heterocycles. The van der Waals surface area contributed by atoms with Crippen LogP contribution < -0.4 is 14.8 Å². The molecule has 1 aliphatic rings. The summed E-state index contributed by atoms with van der Waals surface area (Å²) in [6.07, 6.45) is -4.49. The normalized spacial score (nSPS) is 13.4. The maximum Gasteiger partial charge on any atom is 0.405 e. The zero-order valence-corrected chi connectivity index (χ0v) is 14.5. The number of alkyl halides is 3. The fourth-order valence-electron chi connectivity index (χ4n) is 2.99. The number of para-hydroxylation sites is 1. The SMILES string of the molecule is O=C(NCC(F)(F)F)c1cc(-c2ccc3c(c2)OCCO3)nc2ccccc12. The summed E-state index contributed by atoms with van der Waals surface area (Å²) in [6, 6.07) is 13.5. The Hall–Kier alpha value is -3.29. The molecule has 1 aliphatic heterocycles. The summed E-state index contributed by atoms with van der Waals surface area (Å²) in [6.45, 7) is -0.515. The van der Waals surface area contributed by atoms with Crippen molar-refractivity contribution in [1.82, 2.24) is 10.3 Å². The third-order valence-corrected chi connectivity index (χ3v) is 4.25. The van der Waals surface area contributed by atoms with E-state index in [0.717, 1.165) is 0 Å². The van der Waals surface area contributed by atoms with Gasteiger partial charge in [-0.3, -0.25) is 4.79 Å². The van der Waals surface area contributed by atoms with E-state index in [-0.39, 0.29) is 5.56 Å². The number of aromatic nitrogens is 1. The van der Waals surface area contributed by atoms with Crippen LogP contribution in [-0.2, 0) is 0 Å². The van der Waals surface area contributed by atoms with E-state index in [9.17, 15) is 18.0 Å². The highest BCUT2D eigenvalue weighted by Crippen LogP contribution is 2.35. The van der Waals surface area contributed by atoms with Gasteiger partial charge >= 0.3 is 6.18 Å².